The van der Waals surface area contributed by atoms with Crippen molar-refractivity contribution in [2.24, 2.45) is 5.92 Å². The van der Waals surface area contributed by atoms with Crippen molar-refractivity contribution in [3.63, 3.8) is 0 Å². The summed E-state index contributed by atoms with van der Waals surface area (Å²) in [6.07, 6.45) is 3.87. The summed E-state index contributed by atoms with van der Waals surface area (Å²) in [5, 5.41) is 3.39. The molecule has 1 aromatic carbocycles. The normalized spacial score (nSPS) is 28.3. The number of morpholine rings is 1. The molecule has 0 unspecified atom stereocenters. The molecule has 0 radical (unpaired) electrons. The molecule has 2 aliphatic rings. The monoisotopic (exact) mass is 427 g/mol. The Morgan fingerprint density at radius 1 is 1.10 bits per heavy atom. The topological polar surface area (TPSA) is 70.7 Å². The molecule has 0 spiro atoms. The van der Waals surface area contributed by atoms with Crippen LogP contribution in [0.1, 0.15) is 46.5 Å². The summed E-state index contributed by atoms with van der Waals surface area (Å²) in [4.78, 5) is 2.18. The van der Waals surface area contributed by atoms with Gasteiger partial charge in [-0.2, -0.15) is 0 Å². The average Bonchev–Trinajstić information content (AvgIpc) is 2.66. The van der Waals surface area contributed by atoms with Crippen molar-refractivity contribution in [3.05, 3.63) is 24.0 Å². The first-order valence-electron chi connectivity index (χ1n) is 10.7. The number of nitrogens with zero attached hydrogens (tertiary/aromatic N) is 1. The van der Waals surface area contributed by atoms with Gasteiger partial charge in [0.1, 0.15) is 5.82 Å². The molecule has 2 fully saturated rings. The van der Waals surface area contributed by atoms with Gasteiger partial charge in [-0.1, -0.05) is 0 Å². The molecule has 1 aliphatic heterocycles. The van der Waals surface area contributed by atoms with Crippen LogP contribution < -0.4 is 14.9 Å². The van der Waals surface area contributed by atoms with Gasteiger partial charge in [-0.3, -0.25) is 0 Å². The zero-order valence-electron chi connectivity index (χ0n) is 17.7. The molecule has 0 aromatic heterocycles. The molecule has 1 saturated heterocycles. The second-order valence-electron chi connectivity index (χ2n) is 8.48. The van der Waals surface area contributed by atoms with Gasteiger partial charge >= 0.3 is 0 Å². The van der Waals surface area contributed by atoms with Crippen LogP contribution in [0, 0.1) is 11.7 Å². The van der Waals surface area contributed by atoms with Gasteiger partial charge in [-0.15, -0.1) is 0 Å². The molecular formula is C21H34FN3O3S. The van der Waals surface area contributed by atoms with Gasteiger partial charge < -0.3 is 15.0 Å². The third kappa shape index (κ3) is 6.55. The number of halogens is 1. The second-order valence-corrected chi connectivity index (χ2v) is 10.5. The molecule has 1 heterocycles. The van der Waals surface area contributed by atoms with Crippen LogP contribution in [-0.4, -0.2) is 52.1 Å². The van der Waals surface area contributed by atoms with Gasteiger partial charge in [0.2, 0.25) is 10.0 Å². The molecule has 1 aliphatic carbocycles. The van der Waals surface area contributed by atoms with Gasteiger partial charge in [-0.05, 0) is 70.6 Å². The Labute approximate surface area is 174 Å². The highest BCUT2D eigenvalue weighted by Gasteiger charge is 2.25. The number of ether oxygens (including phenoxy) is 1. The van der Waals surface area contributed by atoms with Crippen LogP contribution in [0.25, 0.3) is 0 Å². The fourth-order valence-corrected chi connectivity index (χ4v) is 5.24. The Balaban J connectivity index is 1.53. The quantitative estimate of drug-likeness (QED) is 0.698. The van der Waals surface area contributed by atoms with Crippen molar-refractivity contribution >= 4 is 21.4 Å². The third-order valence-electron chi connectivity index (χ3n) is 5.84. The van der Waals surface area contributed by atoms with Crippen LogP contribution in [0.4, 0.5) is 15.8 Å². The van der Waals surface area contributed by atoms with Crippen LogP contribution in [0.5, 0.6) is 0 Å². The van der Waals surface area contributed by atoms with E-state index in [1.165, 1.54) is 6.07 Å². The second kappa shape index (κ2) is 9.62. The minimum Gasteiger partial charge on any atom is -0.385 e. The van der Waals surface area contributed by atoms with E-state index in [0.29, 0.717) is 5.92 Å². The van der Waals surface area contributed by atoms with E-state index in [1.807, 2.05) is 19.9 Å². The highest BCUT2D eigenvalue weighted by atomic mass is 32.2. The van der Waals surface area contributed by atoms with Crippen LogP contribution >= 0.6 is 0 Å². The summed E-state index contributed by atoms with van der Waals surface area (Å²) >= 11 is 0. The first kappa shape index (κ1) is 22.3. The van der Waals surface area contributed by atoms with Crippen molar-refractivity contribution in [2.75, 3.05) is 35.6 Å². The van der Waals surface area contributed by atoms with E-state index in [0.717, 1.165) is 56.7 Å². The molecule has 3 rings (SSSR count). The van der Waals surface area contributed by atoms with E-state index in [4.69, 9.17) is 4.74 Å². The molecule has 29 heavy (non-hydrogen) atoms. The fraction of sp³-hybridized carbons (Fsp3) is 0.714. The van der Waals surface area contributed by atoms with Crippen LogP contribution in [0.15, 0.2) is 18.2 Å². The molecule has 1 saturated carbocycles. The van der Waals surface area contributed by atoms with E-state index in [2.05, 4.69) is 14.9 Å². The first-order valence-corrected chi connectivity index (χ1v) is 12.3. The molecule has 0 amide bonds. The number of rotatable bonds is 7. The number of hydrogen-bond acceptors (Lipinski definition) is 5. The van der Waals surface area contributed by atoms with Gasteiger partial charge in [0.05, 0.1) is 18.0 Å². The first-order chi connectivity index (χ1) is 13.7. The Morgan fingerprint density at radius 3 is 2.38 bits per heavy atom. The zero-order chi connectivity index (χ0) is 21.0. The lowest BCUT2D eigenvalue weighted by atomic mass is 9.86. The van der Waals surface area contributed by atoms with E-state index < -0.39 is 10.0 Å². The van der Waals surface area contributed by atoms with Gasteiger partial charge in [0, 0.05) is 37.1 Å². The largest absolute Gasteiger partial charge is 0.385 e. The number of hydrogen-bond donors (Lipinski definition) is 2. The van der Waals surface area contributed by atoms with E-state index >= 15 is 0 Å². The predicted molar refractivity (Wildman–Crippen MR) is 115 cm³/mol. The summed E-state index contributed by atoms with van der Waals surface area (Å²) < 4.78 is 46.2. The zero-order valence-corrected chi connectivity index (χ0v) is 18.5. The van der Waals surface area contributed by atoms with Crippen LogP contribution in [0.3, 0.4) is 0 Å². The van der Waals surface area contributed by atoms with Crippen LogP contribution in [-0.2, 0) is 14.8 Å². The lowest BCUT2D eigenvalue weighted by Crippen LogP contribution is -2.45. The lowest BCUT2D eigenvalue weighted by Gasteiger charge is -2.37. The van der Waals surface area contributed by atoms with Crippen molar-refractivity contribution in [3.8, 4) is 0 Å². The molecular weight excluding hydrogens is 393 g/mol. The number of benzene rings is 1. The summed E-state index contributed by atoms with van der Waals surface area (Å²) in [6.45, 7) is 8.02. The van der Waals surface area contributed by atoms with E-state index in [1.54, 1.807) is 13.0 Å². The van der Waals surface area contributed by atoms with Gasteiger partial charge in [0.25, 0.3) is 0 Å². The highest BCUT2D eigenvalue weighted by molar-refractivity contribution is 7.89. The number of anilines is 2. The SMILES string of the molecule is CCS(=O)(=O)NC1CCC(CNc2cc(F)cc(N3C[C@@H](C)O[C@@H](C)C3)c2)CC1. The minimum atomic E-state index is -3.14. The van der Waals surface area contributed by atoms with Crippen LogP contribution in [0.2, 0.25) is 0 Å². The Kier molecular flexibility index (Phi) is 7.40. The highest BCUT2D eigenvalue weighted by Crippen LogP contribution is 2.28. The van der Waals surface area contributed by atoms with Crippen molar-refractivity contribution in [1.82, 2.24) is 4.72 Å². The number of sulfonamides is 1. The van der Waals surface area contributed by atoms with Gasteiger partial charge in [0.15, 0.2) is 0 Å². The van der Waals surface area contributed by atoms with Crippen molar-refractivity contribution in [1.29, 1.82) is 0 Å². The molecule has 2 atom stereocenters. The maximum Gasteiger partial charge on any atom is 0.211 e. The average molecular weight is 428 g/mol. The molecule has 6 nitrogen and oxygen atoms in total. The molecule has 164 valence electrons. The lowest BCUT2D eigenvalue weighted by molar-refractivity contribution is -0.00523. The summed E-state index contributed by atoms with van der Waals surface area (Å²) in [6, 6.07) is 5.18. The number of nitrogens with one attached hydrogen (secondary N) is 2. The maximum atomic E-state index is 14.2. The molecule has 0 bridgehead atoms. The van der Waals surface area contributed by atoms with Crippen molar-refractivity contribution < 1.29 is 17.5 Å². The fourth-order valence-electron chi connectivity index (χ4n) is 4.33. The Morgan fingerprint density at radius 2 is 1.76 bits per heavy atom. The third-order valence-corrected chi connectivity index (χ3v) is 7.29. The van der Waals surface area contributed by atoms with E-state index in [9.17, 15) is 12.8 Å². The maximum absolute atomic E-state index is 14.2. The molecule has 1 aromatic rings. The van der Waals surface area contributed by atoms with Crippen molar-refractivity contribution in [2.45, 2.75) is 64.7 Å². The standard InChI is InChI=1S/C21H34FN3O3S/c1-4-29(26,27)24-19-7-5-17(6-8-19)12-23-20-9-18(22)10-21(11-20)25-13-15(2)28-16(3)14-25/h9-11,15-17,19,23-24H,4-8,12-14H2,1-3H3/t15-,16+,17?,19?. The van der Waals surface area contributed by atoms with Gasteiger partial charge in [-0.25, -0.2) is 17.5 Å². The predicted octanol–water partition coefficient (Wildman–Crippen LogP) is 3.35. The summed E-state index contributed by atoms with van der Waals surface area (Å²) in [5.74, 6) is 0.346. The summed E-state index contributed by atoms with van der Waals surface area (Å²) in [7, 11) is -3.14. The smallest absolute Gasteiger partial charge is 0.211 e. The Bertz CT molecular complexity index is 771. The molecule has 8 heteroatoms. The van der Waals surface area contributed by atoms with E-state index in [-0.39, 0.29) is 29.8 Å². The Hall–Kier alpha value is -1.38. The molecule has 2 N–H and O–H groups in total. The minimum absolute atomic E-state index is 0.0438. The summed E-state index contributed by atoms with van der Waals surface area (Å²) in [5.41, 5.74) is 1.67.